The van der Waals surface area contributed by atoms with Crippen molar-refractivity contribution in [2.24, 2.45) is 0 Å². The topological polar surface area (TPSA) is 87.6 Å². The molecule has 0 bridgehead atoms. The number of nitrogen functional groups attached to an aromatic ring is 1. The summed E-state index contributed by atoms with van der Waals surface area (Å²) in [4.78, 5) is 17.1. The van der Waals surface area contributed by atoms with E-state index in [4.69, 9.17) is 42.8 Å². The van der Waals surface area contributed by atoms with Crippen molar-refractivity contribution in [1.82, 2.24) is 4.98 Å². The molecule has 8 heteroatoms. The molecule has 0 amide bonds. The van der Waals surface area contributed by atoms with Gasteiger partial charge in [0.05, 0.1) is 22.7 Å². The number of esters is 1. The first-order valence-corrected chi connectivity index (χ1v) is 11.3. The summed E-state index contributed by atoms with van der Waals surface area (Å²) in [6.45, 7) is 0. The SMILES string of the molecule is COc1ccc(/C(=C\c2c(Cl)cncc2Cl)OC(=O)c2ccccc2)c2c1oc1ccc(N)cc12. The van der Waals surface area contributed by atoms with Gasteiger partial charge in [0, 0.05) is 40.0 Å². The summed E-state index contributed by atoms with van der Waals surface area (Å²) in [5.41, 5.74) is 9.13. The van der Waals surface area contributed by atoms with Crippen LogP contribution in [-0.2, 0) is 4.74 Å². The Morgan fingerprint density at radius 1 is 1.03 bits per heavy atom. The van der Waals surface area contributed by atoms with Gasteiger partial charge in [-0.2, -0.15) is 0 Å². The zero-order valence-electron chi connectivity index (χ0n) is 18.4. The van der Waals surface area contributed by atoms with E-state index in [-0.39, 0.29) is 5.76 Å². The molecule has 0 unspecified atom stereocenters. The number of nitrogens with zero attached hydrogens (tertiary/aromatic N) is 1. The van der Waals surface area contributed by atoms with Gasteiger partial charge >= 0.3 is 5.97 Å². The highest BCUT2D eigenvalue weighted by molar-refractivity contribution is 6.37. The zero-order valence-corrected chi connectivity index (χ0v) is 19.9. The predicted octanol–water partition coefficient (Wildman–Crippen LogP) is 7.23. The number of anilines is 1. The maximum Gasteiger partial charge on any atom is 0.343 e. The molecule has 0 atom stereocenters. The van der Waals surface area contributed by atoms with Crippen LogP contribution in [0.4, 0.5) is 5.69 Å². The number of halogens is 2. The number of benzene rings is 3. The number of methoxy groups -OCH3 is 1. The Labute approximate surface area is 210 Å². The Hall–Kier alpha value is -4.00. The van der Waals surface area contributed by atoms with Crippen molar-refractivity contribution in [3.63, 3.8) is 0 Å². The minimum Gasteiger partial charge on any atom is -0.493 e. The average molecular weight is 505 g/mol. The van der Waals surface area contributed by atoms with Crippen LogP contribution in [0.5, 0.6) is 5.75 Å². The number of hydrogen-bond donors (Lipinski definition) is 1. The number of ether oxygens (including phenoxy) is 2. The molecule has 0 aliphatic carbocycles. The van der Waals surface area contributed by atoms with Gasteiger partial charge in [-0.15, -0.1) is 0 Å². The standard InChI is InChI=1S/C27H18Cl2N2O4/c1-33-23-10-8-17(25-19-11-16(30)7-9-22(19)34-26(23)25)24(12-18-20(28)13-31-14-21(18)29)35-27(32)15-5-3-2-4-6-15/h2-14H,30H2,1H3/b24-12+. The third-order valence-corrected chi connectivity index (χ3v) is 6.07. The van der Waals surface area contributed by atoms with Crippen LogP contribution < -0.4 is 10.5 Å². The van der Waals surface area contributed by atoms with Crippen molar-refractivity contribution in [1.29, 1.82) is 0 Å². The molecule has 35 heavy (non-hydrogen) atoms. The van der Waals surface area contributed by atoms with Crippen molar-refractivity contribution in [2.75, 3.05) is 12.8 Å². The molecule has 0 fully saturated rings. The van der Waals surface area contributed by atoms with Gasteiger partial charge < -0.3 is 19.6 Å². The lowest BCUT2D eigenvalue weighted by molar-refractivity contribution is 0.0694. The van der Waals surface area contributed by atoms with Gasteiger partial charge in [-0.25, -0.2) is 4.79 Å². The number of carbonyl (C=O) groups excluding carboxylic acids is 1. The second-order valence-electron chi connectivity index (χ2n) is 7.66. The number of nitrogens with two attached hydrogens (primary N) is 1. The third kappa shape index (κ3) is 4.30. The van der Waals surface area contributed by atoms with E-state index in [1.54, 1.807) is 67.8 Å². The zero-order chi connectivity index (χ0) is 24.5. The van der Waals surface area contributed by atoms with Crippen LogP contribution in [0.25, 0.3) is 33.8 Å². The fourth-order valence-corrected chi connectivity index (χ4v) is 4.30. The Kier molecular flexibility index (Phi) is 6.07. The van der Waals surface area contributed by atoms with Gasteiger partial charge in [0.1, 0.15) is 11.3 Å². The lowest BCUT2D eigenvalue weighted by Gasteiger charge is -2.13. The van der Waals surface area contributed by atoms with E-state index >= 15 is 0 Å². The number of rotatable bonds is 5. The number of aromatic nitrogens is 1. The van der Waals surface area contributed by atoms with E-state index in [2.05, 4.69) is 4.98 Å². The summed E-state index contributed by atoms with van der Waals surface area (Å²) >= 11 is 12.8. The Balaban J connectivity index is 1.79. The summed E-state index contributed by atoms with van der Waals surface area (Å²) < 4.78 is 17.6. The van der Waals surface area contributed by atoms with Crippen LogP contribution in [0.15, 0.2) is 77.5 Å². The minimum absolute atomic E-state index is 0.214. The summed E-state index contributed by atoms with van der Waals surface area (Å²) in [6, 6.07) is 17.5. The third-order valence-electron chi connectivity index (χ3n) is 5.47. The highest BCUT2D eigenvalue weighted by atomic mass is 35.5. The quantitative estimate of drug-likeness (QED) is 0.154. The second kappa shape index (κ2) is 9.33. The van der Waals surface area contributed by atoms with Crippen LogP contribution in [0.2, 0.25) is 10.0 Å². The number of hydrogen-bond acceptors (Lipinski definition) is 6. The molecular weight excluding hydrogens is 487 g/mol. The fraction of sp³-hybridized carbons (Fsp3) is 0.0370. The van der Waals surface area contributed by atoms with Crippen molar-refractivity contribution in [3.8, 4) is 5.75 Å². The van der Waals surface area contributed by atoms with Gasteiger partial charge in [0.2, 0.25) is 0 Å². The first kappa shape index (κ1) is 22.8. The van der Waals surface area contributed by atoms with Crippen LogP contribution in [-0.4, -0.2) is 18.1 Å². The van der Waals surface area contributed by atoms with Gasteiger partial charge in [-0.05, 0) is 48.5 Å². The van der Waals surface area contributed by atoms with Crippen molar-refractivity contribution in [2.45, 2.75) is 0 Å². The molecule has 0 saturated carbocycles. The number of pyridine rings is 1. The minimum atomic E-state index is -0.547. The van der Waals surface area contributed by atoms with Crippen molar-refractivity contribution >= 4 is 68.6 Å². The molecule has 6 nitrogen and oxygen atoms in total. The van der Waals surface area contributed by atoms with E-state index in [0.717, 1.165) is 5.39 Å². The number of furan rings is 1. The van der Waals surface area contributed by atoms with Crippen LogP contribution in [0.1, 0.15) is 21.5 Å². The summed E-state index contributed by atoms with van der Waals surface area (Å²) in [6.07, 6.45) is 4.54. The largest absolute Gasteiger partial charge is 0.493 e. The van der Waals surface area contributed by atoms with Gasteiger partial charge in [-0.3, -0.25) is 4.98 Å². The first-order valence-electron chi connectivity index (χ1n) is 10.5. The average Bonchev–Trinajstić information content (AvgIpc) is 3.24. The molecule has 0 spiro atoms. The number of carbonyl (C=O) groups is 1. The molecule has 5 aromatic rings. The highest BCUT2D eigenvalue weighted by Gasteiger charge is 2.22. The van der Waals surface area contributed by atoms with E-state index < -0.39 is 5.97 Å². The molecule has 0 aliphatic rings. The van der Waals surface area contributed by atoms with Gasteiger partial charge in [0.15, 0.2) is 11.3 Å². The maximum atomic E-state index is 13.1. The number of fused-ring (bicyclic) bond motifs is 3. The molecule has 0 radical (unpaired) electrons. The molecule has 174 valence electrons. The lowest BCUT2D eigenvalue weighted by atomic mass is 10.0. The Morgan fingerprint density at radius 3 is 2.49 bits per heavy atom. The molecule has 2 heterocycles. The molecule has 2 aromatic heterocycles. The summed E-state index contributed by atoms with van der Waals surface area (Å²) in [5.74, 6) is 0.188. The van der Waals surface area contributed by atoms with Crippen molar-refractivity contribution < 1.29 is 18.7 Å². The Bertz CT molecular complexity index is 1590. The summed E-state index contributed by atoms with van der Waals surface area (Å²) in [7, 11) is 1.55. The smallest absolute Gasteiger partial charge is 0.343 e. The van der Waals surface area contributed by atoms with E-state index in [1.807, 2.05) is 6.07 Å². The van der Waals surface area contributed by atoms with E-state index in [1.165, 1.54) is 12.4 Å². The second-order valence-corrected chi connectivity index (χ2v) is 8.47. The predicted molar refractivity (Wildman–Crippen MR) is 139 cm³/mol. The molecule has 2 N–H and O–H groups in total. The molecule has 0 saturated heterocycles. The monoisotopic (exact) mass is 504 g/mol. The first-order chi connectivity index (χ1) is 17.0. The molecule has 5 rings (SSSR count). The Morgan fingerprint density at radius 2 is 1.77 bits per heavy atom. The van der Waals surface area contributed by atoms with Gasteiger partial charge in [0.25, 0.3) is 0 Å². The summed E-state index contributed by atoms with van der Waals surface area (Å²) in [5, 5.41) is 2.01. The molecular formula is C27H18Cl2N2O4. The molecule has 3 aromatic carbocycles. The van der Waals surface area contributed by atoms with Gasteiger partial charge in [-0.1, -0.05) is 41.4 Å². The molecule has 0 aliphatic heterocycles. The lowest BCUT2D eigenvalue weighted by Crippen LogP contribution is -2.05. The van der Waals surface area contributed by atoms with Crippen LogP contribution in [0, 0.1) is 0 Å². The van der Waals surface area contributed by atoms with Crippen LogP contribution >= 0.6 is 23.2 Å². The van der Waals surface area contributed by atoms with Crippen molar-refractivity contribution in [3.05, 3.63) is 99.8 Å². The van der Waals surface area contributed by atoms with E-state index in [9.17, 15) is 4.79 Å². The normalized spacial score (nSPS) is 11.7. The van der Waals surface area contributed by atoms with E-state index in [0.29, 0.717) is 54.7 Å². The highest BCUT2D eigenvalue weighted by Crippen LogP contribution is 2.41. The maximum absolute atomic E-state index is 13.1. The van der Waals surface area contributed by atoms with Crippen LogP contribution in [0.3, 0.4) is 0 Å². The fourth-order valence-electron chi connectivity index (χ4n) is 3.83.